The molecule has 2 aromatic rings. The van der Waals surface area contributed by atoms with Gasteiger partial charge in [0, 0.05) is 31.2 Å². The Bertz CT molecular complexity index is 706. The number of hydrogen-bond acceptors (Lipinski definition) is 4. The molecule has 3 rings (SSSR count). The molecule has 0 radical (unpaired) electrons. The lowest BCUT2D eigenvalue weighted by Gasteiger charge is -2.29. The molecule has 2 N–H and O–H groups in total. The number of anilines is 2. The number of halogens is 3. The molecule has 0 atom stereocenters. The maximum atomic E-state index is 13.7. The third-order valence-corrected chi connectivity index (χ3v) is 3.88. The van der Waals surface area contributed by atoms with E-state index in [0.29, 0.717) is 10.8 Å². The van der Waals surface area contributed by atoms with Gasteiger partial charge in [-0.3, -0.25) is 4.79 Å². The van der Waals surface area contributed by atoms with E-state index in [1.54, 1.807) is 12.3 Å². The van der Waals surface area contributed by atoms with E-state index >= 15 is 0 Å². The van der Waals surface area contributed by atoms with Crippen molar-refractivity contribution in [1.82, 2.24) is 10.3 Å². The number of carbonyl (C=O) groups is 1. The Labute approximate surface area is 150 Å². The predicted molar refractivity (Wildman–Crippen MR) is 95.9 cm³/mol. The lowest BCUT2D eigenvalue weighted by Crippen LogP contribution is -2.43. The summed E-state index contributed by atoms with van der Waals surface area (Å²) in [6, 6.07) is 7.45. The standard InChI is InChI=1S/C16H16ClFN4O.ClH/c17-11-1-3-14(18)13(9-11)16(23)21-15-4-2-12(10-20-15)22-7-5-19-6-8-22;/h1-4,9-10,19H,5-8H2,(H,20,21,23);1H. The molecule has 2 heterocycles. The lowest BCUT2D eigenvalue weighted by atomic mass is 10.2. The first-order chi connectivity index (χ1) is 11.1. The van der Waals surface area contributed by atoms with Crippen LogP contribution in [0.1, 0.15) is 10.4 Å². The van der Waals surface area contributed by atoms with E-state index in [1.807, 2.05) is 6.07 Å². The number of hydrogen-bond donors (Lipinski definition) is 2. The van der Waals surface area contributed by atoms with Crippen LogP contribution in [-0.4, -0.2) is 37.1 Å². The minimum absolute atomic E-state index is 0. The molecule has 1 amide bonds. The van der Waals surface area contributed by atoms with E-state index in [9.17, 15) is 9.18 Å². The molecule has 0 saturated carbocycles. The zero-order valence-corrected chi connectivity index (χ0v) is 14.3. The van der Waals surface area contributed by atoms with Gasteiger partial charge in [-0.05, 0) is 30.3 Å². The van der Waals surface area contributed by atoms with Gasteiger partial charge in [0.1, 0.15) is 11.6 Å². The summed E-state index contributed by atoms with van der Waals surface area (Å²) in [7, 11) is 0. The number of piperazine rings is 1. The highest BCUT2D eigenvalue weighted by Crippen LogP contribution is 2.18. The van der Waals surface area contributed by atoms with E-state index in [2.05, 4.69) is 20.5 Å². The molecule has 24 heavy (non-hydrogen) atoms. The summed E-state index contributed by atoms with van der Waals surface area (Å²) in [5, 5.41) is 6.17. The van der Waals surface area contributed by atoms with Crippen LogP contribution in [0.25, 0.3) is 0 Å². The Hall–Kier alpha value is -1.89. The number of nitrogens with zero attached hydrogens (tertiary/aromatic N) is 2. The Morgan fingerprint density at radius 1 is 1.25 bits per heavy atom. The zero-order chi connectivity index (χ0) is 16.2. The molecule has 1 aliphatic heterocycles. The number of carbonyl (C=O) groups excluding carboxylic acids is 1. The number of pyridine rings is 1. The van der Waals surface area contributed by atoms with Crippen molar-refractivity contribution in [2.24, 2.45) is 0 Å². The summed E-state index contributed by atoms with van der Waals surface area (Å²) in [4.78, 5) is 18.5. The van der Waals surface area contributed by atoms with Crippen molar-refractivity contribution in [1.29, 1.82) is 0 Å². The van der Waals surface area contributed by atoms with Crippen molar-refractivity contribution in [3.8, 4) is 0 Å². The van der Waals surface area contributed by atoms with Crippen molar-refractivity contribution < 1.29 is 9.18 Å². The van der Waals surface area contributed by atoms with E-state index in [4.69, 9.17) is 11.6 Å². The summed E-state index contributed by atoms with van der Waals surface area (Å²) >= 11 is 5.80. The van der Waals surface area contributed by atoms with Crippen LogP contribution >= 0.6 is 24.0 Å². The van der Waals surface area contributed by atoms with Gasteiger partial charge in [-0.1, -0.05) is 11.6 Å². The topological polar surface area (TPSA) is 57.3 Å². The largest absolute Gasteiger partial charge is 0.368 e. The fourth-order valence-electron chi connectivity index (χ4n) is 2.43. The fraction of sp³-hybridized carbons (Fsp3) is 0.250. The molecule has 1 aromatic carbocycles. The normalized spacial score (nSPS) is 14.0. The first-order valence-corrected chi connectivity index (χ1v) is 7.69. The third-order valence-electron chi connectivity index (χ3n) is 3.64. The molecular formula is C16H17Cl2FN4O. The van der Waals surface area contributed by atoms with Gasteiger partial charge < -0.3 is 15.5 Å². The minimum Gasteiger partial charge on any atom is -0.368 e. The molecule has 0 spiro atoms. The van der Waals surface area contributed by atoms with Crippen LogP contribution in [0.2, 0.25) is 5.02 Å². The highest BCUT2D eigenvalue weighted by atomic mass is 35.5. The SMILES string of the molecule is Cl.O=C(Nc1ccc(N2CCNCC2)cn1)c1cc(Cl)ccc1F. The molecule has 0 aliphatic carbocycles. The predicted octanol–water partition coefficient (Wildman–Crippen LogP) is 2.96. The molecular weight excluding hydrogens is 354 g/mol. The van der Waals surface area contributed by atoms with Crippen molar-refractivity contribution >= 4 is 41.4 Å². The van der Waals surface area contributed by atoms with Crippen molar-refractivity contribution in [3.05, 3.63) is 52.9 Å². The average molecular weight is 371 g/mol. The minimum atomic E-state index is -0.621. The van der Waals surface area contributed by atoms with Crippen molar-refractivity contribution in [3.63, 3.8) is 0 Å². The van der Waals surface area contributed by atoms with Crippen LogP contribution in [-0.2, 0) is 0 Å². The van der Waals surface area contributed by atoms with E-state index in [-0.39, 0.29) is 18.0 Å². The van der Waals surface area contributed by atoms with Gasteiger partial charge in [-0.25, -0.2) is 9.37 Å². The summed E-state index contributed by atoms with van der Waals surface area (Å²) in [6.45, 7) is 3.71. The van der Waals surface area contributed by atoms with Crippen LogP contribution in [0.4, 0.5) is 15.9 Å². The number of amides is 1. The van der Waals surface area contributed by atoms with Crippen LogP contribution < -0.4 is 15.5 Å². The molecule has 0 unspecified atom stereocenters. The summed E-state index contributed by atoms with van der Waals surface area (Å²) in [5.74, 6) is -0.829. The smallest absolute Gasteiger partial charge is 0.259 e. The first kappa shape index (κ1) is 18.4. The molecule has 8 heteroatoms. The average Bonchev–Trinajstić information content (AvgIpc) is 2.58. The molecule has 1 saturated heterocycles. The number of nitrogens with one attached hydrogen (secondary N) is 2. The van der Waals surface area contributed by atoms with Gasteiger partial charge in [0.05, 0.1) is 17.4 Å². The summed E-state index contributed by atoms with van der Waals surface area (Å²) in [5.41, 5.74) is 0.893. The van der Waals surface area contributed by atoms with E-state index < -0.39 is 11.7 Å². The Morgan fingerprint density at radius 2 is 2.00 bits per heavy atom. The van der Waals surface area contributed by atoms with Crippen LogP contribution in [0.5, 0.6) is 0 Å². The van der Waals surface area contributed by atoms with Crippen LogP contribution in [0, 0.1) is 5.82 Å². The highest BCUT2D eigenvalue weighted by molar-refractivity contribution is 6.31. The van der Waals surface area contributed by atoms with Crippen molar-refractivity contribution in [2.75, 3.05) is 36.4 Å². The second kappa shape index (κ2) is 8.28. The second-order valence-corrected chi connectivity index (χ2v) is 5.65. The van der Waals surface area contributed by atoms with Gasteiger partial charge in [-0.15, -0.1) is 12.4 Å². The molecule has 1 fully saturated rings. The van der Waals surface area contributed by atoms with Crippen molar-refractivity contribution in [2.45, 2.75) is 0 Å². The Balaban J connectivity index is 0.00000208. The highest BCUT2D eigenvalue weighted by Gasteiger charge is 2.14. The summed E-state index contributed by atoms with van der Waals surface area (Å²) < 4.78 is 13.7. The van der Waals surface area contributed by atoms with E-state index in [0.717, 1.165) is 37.9 Å². The van der Waals surface area contributed by atoms with E-state index in [1.165, 1.54) is 12.1 Å². The molecule has 5 nitrogen and oxygen atoms in total. The van der Waals surface area contributed by atoms with Crippen LogP contribution in [0.15, 0.2) is 36.5 Å². The first-order valence-electron chi connectivity index (χ1n) is 7.31. The molecule has 1 aliphatic rings. The Morgan fingerprint density at radius 3 is 2.67 bits per heavy atom. The fourth-order valence-corrected chi connectivity index (χ4v) is 2.60. The molecule has 0 bridgehead atoms. The number of rotatable bonds is 3. The Kier molecular flexibility index (Phi) is 6.36. The number of aromatic nitrogens is 1. The zero-order valence-electron chi connectivity index (χ0n) is 12.8. The molecule has 128 valence electrons. The van der Waals surface area contributed by atoms with Gasteiger partial charge >= 0.3 is 0 Å². The van der Waals surface area contributed by atoms with Gasteiger partial charge in [-0.2, -0.15) is 0 Å². The lowest BCUT2D eigenvalue weighted by molar-refractivity contribution is 0.102. The number of benzene rings is 1. The quantitative estimate of drug-likeness (QED) is 0.871. The van der Waals surface area contributed by atoms with Gasteiger partial charge in [0.15, 0.2) is 0 Å². The van der Waals surface area contributed by atoms with Gasteiger partial charge in [0.25, 0.3) is 5.91 Å². The monoisotopic (exact) mass is 370 g/mol. The third kappa shape index (κ3) is 4.35. The van der Waals surface area contributed by atoms with Gasteiger partial charge in [0.2, 0.25) is 0 Å². The second-order valence-electron chi connectivity index (χ2n) is 5.22. The summed E-state index contributed by atoms with van der Waals surface area (Å²) in [6.07, 6.45) is 1.70. The maximum Gasteiger partial charge on any atom is 0.259 e. The van der Waals surface area contributed by atoms with Crippen LogP contribution in [0.3, 0.4) is 0 Å². The molecule has 1 aromatic heterocycles. The maximum absolute atomic E-state index is 13.7.